The van der Waals surface area contributed by atoms with Crippen molar-refractivity contribution in [1.82, 2.24) is 5.32 Å². The van der Waals surface area contributed by atoms with Crippen LogP contribution in [-0.2, 0) is 6.54 Å². The Kier molecular flexibility index (Phi) is 4.05. The van der Waals surface area contributed by atoms with Crippen LogP contribution in [0.2, 0.25) is 0 Å². The van der Waals surface area contributed by atoms with Gasteiger partial charge in [0.25, 0.3) is 0 Å². The van der Waals surface area contributed by atoms with E-state index in [1.807, 2.05) is 0 Å². The SMILES string of the molecule is C#CCNCc1c(F)ccc(Br)c1F. The van der Waals surface area contributed by atoms with Gasteiger partial charge in [-0.1, -0.05) is 5.92 Å². The maximum absolute atomic E-state index is 13.3. The van der Waals surface area contributed by atoms with Crippen molar-refractivity contribution in [2.45, 2.75) is 6.54 Å². The average molecular weight is 260 g/mol. The fourth-order valence-electron chi connectivity index (χ4n) is 0.991. The Morgan fingerprint density at radius 2 is 2.14 bits per heavy atom. The number of rotatable bonds is 3. The van der Waals surface area contributed by atoms with Gasteiger partial charge in [0.2, 0.25) is 0 Å². The predicted octanol–water partition coefficient (Wildman–Crippen LogP) is 2.45. The second-order valence-electron chi connectivity index (χ2n) is 2.63. The van der Waals surface area contributed by atoms with Crippen molar-refractivity contribution >= 4 is 15.9 Å². The van der Waals surface area contributed by atoms with E-state index in [1.165, 1.54) is 12.1 Å². The van der Waals surface area contributed by atoms with Crippen LogP contribution in [0.4, 0.5) is 8.78 Å². The maximum atomic E-state index is 13.3. The summed E-state index contributed by atoms with van der Waals surface area (Å²) >= 11 is 2.98. The Morgan fingerprint density at radius 1 is 1.43 bits per heavy atom. The van der Waals surface area contributed by atoms with Gasteiger partial charge in [0.1, 0.15) is 11.6 Å². The van der Waals surface area contributed by atoms with Crippen LogP contribution in [0.25, 0.3) is 0 Å². The van der Waals surface area contributed by atoms with Crippen LogP contribution in [0.1, 0.15) is 5.56 Å². The van der Waals surface area contributed by atoms with Crippen LogP contribution in [0.15, 0.2) is 16.6 Å². The maximum Gasteiger partial charge on any atom is 0.144 e. The lowest BCUT2D eigenvalue weighted by Crippen LogP contribution is -2.15. The van der Waals surface area contributed by atoms with Gasteiger partial charge in [0, 0.05) is 12.1 Å². The van der Waals surface area contributed by atoms with Gasteiger partial charge in [-0.3, -0.25) is 0 Å². The molecule has 0 atom stereocenters. The molecule has 0 saturated heterocycles. The zero-order valence-electron chi connectivity index (χ0n) is 7.28. The first kappa shape index (κ1) is 11.2. The minimum Gasteiger partial charge on any atom is -0.302 e. The summed E-state index contributed by atoms with van der Waals surface area (Å²) in [5, 5.41) is 2.72. The quantitative estimate of drug-likeness (QED) is 0.500. The third kappa shape index (κ3) is 2.53. The summed E-state index contributed by atoms with van der Waals surface area (Å²) in [6, 6.07) is 2.54. The van der Waals surface area contributed by atoms with Gasteiger partial charge in [0.15, 0.2) is 0 Å². The Morgan fingerprint density at radius 3 is 2.79 bits per heavy atom. The van der Waals surface area contributed by atoms with E-state index in [2.05, 4.69) is 27.2 Å². The van der Waals surface area contributed by atoms with E-state index in [1.54, 1.807) is 0 Å². The molecule has 0 radical (unpaired) electrons. The monoisotopic (exact) mass is 259 g/mol. The fourth-order valence-corrected chi connectivity index (χ4v) is 1.36. The summed E-state index contributed by atoms with van der Waals surface area (Å²) in [6.07, 6.45) is 4.99. The molecule has 0 aliphatic carbocycles. The first-order valence-electron chi connectivity index (χ1n) is 3.93. The van der Waals surface area contributed by atoms with Crippen LogP contribution < -0.4 is 5.32 Å². The van der Waals surface area contributed by atoms with Crippen LogP contribution in [0.3, 0.4) is 0 Å². The Bertz CT molecular complexity index is 371. The number of benzene rings is 1. The highest BCUT2D eigenvalue weighted by atomic mass is 79.9. The van der Waals surface area contributed by atoms with Gasteiger partial charge in [-0.25, -0.2) is 8.78 Å². The highest BCUT2D eigenvalue weighted by Crippen LogP contribution is 2.21. The number of nitrogens with one attached hydrogen (secondary N) is 1. The summed E-state index contributed by atoms with van der Waals surface area (Å²) in [4.78, 5) is 0. The molecule has 1 N–H and O–H groups in total. The molecule has 0 aliphatic rings. The lowest BCUT2D eigenvalue weighted by atomic mass is 10.2. The zero-order valence-corrected chi connectivity index (χ0v) is 8.87. The zero-order chi connectivity index (χ0) is 10.6. The highest BCUT2D eigenvalue weighted by molar-refractivity contribution is 9.10. The molecule has 1 aromatic rings. The summed E-state index contributed by atoms with van der Waals surface area (Å²) < 4.78 is 26.7. The average Bonchev–Trinajstić information content (AvgIpc) is 2.18. The van der Waals surface area contributed by atoms with Crippen molar-refractivity contribution < 1.29 is 8.78 Å². The summed E-state index contributed by atoms with van der Waals surface area (Å²) in [7, 11) is 0. The first-order valence-corrected chi connectivity index (χ1v) is 4.72. The molecular weight excluding hydrogens is 252 g/mol. The van der Waals surface area contributed by atoms with Crippen molar-refractivity contribution in [2.75, 3.05) is 6.54 Å². The van der Waals surface area contributed by atoms with E-state index < -0.39 is 11.6 Å². The molecule has 0 spiro atoms. The molecule has 0 heterocycles. The van der Waals surface area contributed by atoms with Gasteiger partial charge in [-0.2, -0.15) is 0 Å². The minimum atomic E-state index is -0.588. The molecule has 0 aliphatic heterocycles. The second kappa shape index (κ2) is 5.08. The van der Waals surface area contributed by atoms with Gasteiger partial charge in [0.05, 0.1) is 11.0 Å². The van der Waals surface area contributed by atoms with Crippen LogP contribution in [-0.4, -0.2) is 6.54 Å². The third-order valence-electron chi connectivity index (χ3n) is 1.67. The standard InChI is InChI=1S/C10H8BrF2N/c1-2-5-14-6-7-9(12)4-3-8(11)10(7)13/h1,3-4,14H,5-6H2. The van der Waals surface area contributed by atoms with Gasteiger partial charge >= 0.3 is 0 Å². The molecule has 74 valence electrons. The summed E-state index contributed by atoms with van der Waals surface area (Å²) in [5.74, 6) is 1.16. The summed E-state index contributed by atoms with van der Waals surface area (Å²) in [5.41, 5.74) is -0.00498. The molecule has 0 fully saturated rings. The Labute approximate surface area is 89.6 Å². The first-order chi connectivity index (χ1) is 6.66. The molecule has 4 heteroatoms. The molecule has 0 unspecified atom stereocenters. The Balaban J connectivity index is 2.85. The lowest BCUT2D eigenvalue weighted by molar-refractivity contribution is 0.539. The van der Waals surface area contributed by atoms with E-state index in [0.717, 1.165) is 0 Å². The van der Waals surface area contributed by atoms with Crippen LogP contribution in [0, 0.1) is 24.0 Å². The van der Waals surface area contributed by atoms with E-state index in [-0.39, 0.29) is 23.1 Å². The molecule has 1 rings (SSSR count). The van der Waals surface area contributed by atoms with Crippen molar-refractivity contribution in [3.05, 3.63) is 33.8 Å². The molecule has 0 saturated carbocycles. The number of hydrogen-bond donors (Lipinski definition) is 1. The smallest absolute Gasteiger partial charge is 0.144 e. The largest absolute Gasteiger partial charge is 0.302 e. The lowest BCUT2D eigenvalue weighted by Gasteiger charge is -2.06. The molecular formula is C10H8BrF2N. The van der Waals surface area contributed by atoms with Gasteiger partial charge in [-0.15, -0.1) is 6.42 Å². The predicted molar refractivity (Wildman–Crippen MR) is 54.6 cm³/mol. The number of hydrogen-bond acceptors (Lipinski definition) is 1. The Hall–Kier alpha value is -0.920. The molecule has 0 bridgehead atoms. The van der Waals surface area contributed by atoms with Gasteiger partial charge in [-0.05, 0) is 28.1 Å². The van der Waals surface area contributed by atoms with E-state index in [9.17, 15) is 8.78 Å². The van der Waals surface area contributed by atoms with Gasteiger partial charge < -0.3 is 5.32 Å². The van der Waals surface area contributed by atoms with Crippen LogP contribution in [0.5, 0.6) is 0 Å². The molecule has 0 amide bonds. The van der Waals surface area contributed by atoms with Crippen molar-refractivity contribution in [2.24, 2.45) is 0 Å². The molecule has 14 heavy (non-hydrogen) atoms. The van der Waals surface area contributed by atoms with E-state index in [0.29, 0.717) is 0 Å². The normalized spacial score (nSPS) is 9.86. The summed E-state index contributed by atoms with van der Waals surface area (Å²) in [6.45, 7) is 0.368. The molecule has 0 aromatic heterocycles. The van der Waals surface area contributed by atoms with E-state index in [4.69, 9.17) is 6.42 Å². The third-order valence-corrected chi connectivity index (χ3v) is 2.28. The number of terminal acetylenes is 1. The van der Waals surface area contributed by atoms with E-state index >= 15 is 0 Å². The highest BCUT2D eigenvalue weighted by Gasteiger charge is 2.10. The minimum absolute atomic E-state index is 0.00498. The van der Waals surface area contributed by atoms with Crippen molar-refractivity contribution in [1.29, 1.82) is 0 Å². The number of halogens is 3. The van der Waals surface area contributed by atoms with Crippen molar-refractivity contribution in [3.8, 4) is 12.3 Å². The molecule has 1 nitrogen and oxygen atoms in total. The topological polar surface area (TPSA) is 12.0 Å². The van der Waals surface area contributed by atoms with Crippen LogP contribution >= 0.6 is 15.9 Å². The molecule has 1 aromatic carbocycles. The second-order valence-corrected chi connectivity index (χ2v) is 3.48. The fraction of sp³-hybridized carbons (Fsp3) is 0.200. The van der Waals surface area contributed by atoms with Crippen molar-refractivity contribution in [3.63, 3.8) is 0 Å².